The Bertz CT molecular complexity index is 583. The van der Waals surface area contributed by atoms with Gasteiger partial charge < -0.3 is 10.2 Å². The summed E-state index contributed by atoms with van der Waals surface area (Å²) in [7, 11) is 0. The van der Waals surface area contributed by atoms with Crippen LogP contribution in [0.1, 0.15) is 16.8 Å². The molecule has 2 heterocycles. The van der Waals surface area contributed by atoms with Crippen LogP contribution in [-0.2, 0) is 0 Å². The number of hydrogen-bond acceptors (Lipinski definition) is 3. The summed E-state index contributed by atoms with van der Waals surface area (Å²) in [5, 5.41) is 4.25. The van der Waals surface area contributed by atoms with Crippen LogP contribution in [0, 0.1) is 0 Å². The van der Waals surface area contributed by atoms with E-state index in [2.05, 4.69) is 10.3 Å². The number of rotatable bonds is 1. The zero-order chi connectivity index (χ0) is 13.1. The van der Waals surface area contributed by atoms with Crippen LogP contribution in [0.15, 0.2) is 36.5 Å². The first-order chi connectivity index (χ1) is 9.36. The van der Waals surface area contributed by atoms with Crippen LogP contribution in [0.25, 0.3) is 10.9 Å². The molecule has 1 amide bonds. The molecule has 1 fully saturated rings. The van der Waals surface area contributed by atoms with Crippen LogP contribution >= 0.6 is 0 Å². The van der Waals surface area contributed by atoms with E-state index in [0.29, 0.717) is 0 Å². The summed E-state index contributed by atoms with van der Waals surface area (Å²) < 4.78 is 0. The van der Waals surface area contributed by atoms with Crippen molar-refractivity contribution in [3.05, 3.63) is 42.1 Å². The first-order valence-electron chi connectivity index (χ1n) is 6.70. The third kappa shape index (κ3) is 2.44. The van der Waals surface area contributed by atoms with Gasteiger partial charge in [0, 0.05) is 36.8 Å². The van der Waals surface area contributed by atoms with Crippen molar-refractivity contribution < 1.29 is 4.79 Å². The highest BCUT2D eigenvalue weighted by atomic mass is 16.2. The van der Waals surface area contributed by atoms with Crippen molar-refractivity contribution in [1.82, 2.24) is 15.2 Å². The van der Waals surface area contributed by atoms with Crippen molar-refractivity contribution in [1.29, 1.82) is 0 Å². The molecule has 98 valence electrons. The average Bonchev–Trinajstić information content (AvgIpc) is 2.75. The molecule has 0 aliphatic carbocycles. The summed E-state index contributed by atoms with van der Waals surface area (Å²) in [6.45, 7) is 3.45. The van der Waals surface area contributed by atoms with Crippen molar-refractivity contribution in [2.75, 3.05) is 26.2 Å². The van der Waals surface area contributed by atoms with Gasteiger partial charge in [0.15, 0.2) is 0 Å². The van der Waals surface area contributed by atoms with Gasteiger partial charge in [-0.2, -0.15) is 0 Å². The Morgan fingerprint density at radius 3 is 3.05 bits per heavy atom. The van der Waals surface area contributed by atoms with Crippen molar-refractivity contribution in [2.24, 2.45) is 0 Å². The Morgan fingerprint density at radius 2 is 2.11 bits per heavy atom. The van der Waals surface area contributed by atoms with Gasteiger partial charge in [-0.1, -0.05) is 12.1 Å². The fraction of sp³-hybridized carbons (Fsp3) is 0.333. The topological polar surface area (TPSA) is 45.2 Å². The molecule has 2 aromatic rings. The Kier molecular flexibility index (Phi) is 3.42. The molecule has 1 N–H and O–H groups in total. The first kappa shape index (κ1) is 12.1. The van der Waals surface area contributed by atoms with Crippen LogP contribution < -0.4 is 5.32 Å². The number of nitrogens with zero attached hydrogens (tertiary/aromatic N) is 2. The van der Waals surface area contributed by atoms with Gasteiger partial charge in [0.25, 0.3) is 5.91 Å². The lowest BCUT2D eigenvalue weighted by atomic mass is 10.1. The van der Waals surface area contributed by atoms with E-state index in [1.54, 1.807) is 6.20 Å². The molecule has 0 unspecified atom stereocenters. The molecule has 0 bridgehead atoms. The number of benzene rings is 1. The van der Waals surface area contributed by atoms with Gasteiger partial charge in [0.1, 0.15) is 0 Å². The molecule has 0 radical (unpaired) electrons. The second-order valence-corrected chi connectivity index (χ2v) is 4.77. The smallest absolute Gasteiger partial charge is 0.254 e. The quantitative estimate of drug-likeness (QED) is 0.843. The average molecular weight is 255 g/mol. The molecule has 1 aliphatic heterocycles. The minimum Gasteiger partial charge on any atom is -0.337 e. The second-order valence-electron chi connectivity index (χ2n) is 4.77. The van der Waals surface area contributed by atoms with Gasteiger partial charge in [-0.05, 0) is 31.2 Å². The highest BCUT2D eigenvalue weighted by Gasteiger charge is 2.18. The van der Waals surface area contributed by atoms with E-state index in [1.807, 2.05) is 35.2 Å². The van der Waals surface area contributed by atoms with Crippen LogP contribution in [0.4, 0.5) is 0 Å². The molecule has 1 aliphatic rings. The molecule has 19 heavy (non-hydrogen) atoms. The molecular formula is C15H17N3O. The van der Waals surface area contributed by atoms with Crippen LogP contribution in [0.2, 0.25) is 0 Å². The van der Waals surface area contributed by atoms with Crippen LogP contribution in [0.3, 0.4) is 0 Å². The van der Waals surface area contributed by atoms with E-state index in [-0.39, 0.29) is 5.91 Å². The maximum Gasteiger partial charge on any atom is 0.254 e. The van der Waals surface area contributed by atoms with E-state index in [4.69, 9.17) is 0 Å². The number of aromatic nitrogens is 1. The minimum absolute atomic E-state index is 0.113. The zero-order valence-corrected chi connectivity index (χ0v) is 10.8. The molecule has 4 nitrogen and oxygen atoms in total. The monoisotopic (exact) mass is 255 g/mol. The SMILES string of the molecule is O=C(c1cccc2ncccc12)N1CCCNCC1. The summed E-state index contributed by atoms with van der Waals surface area (Å²) in [5.41, 5.74) is 1.63. The number of amides is 1. The standard InChI is InChI=1S/C15H17N3O/c19-15(18-10-3-7-16-9-11-18)13-4-1-6-14-12(13)5-2-8-17-14/h1-2,4-6,8,16H,3,7,9-11H2. The molecule has 4 heteroatoms. The molecular weight excluding hydrogens is 238 g/mol. The lowest BCUT2D eigenvalue weighted by Gasteiger charge is -2.20. The van der Waals surface area contributed by atoms with Crippen molar-refractivity contribution in [2.45, 2.75) is 6.42 Å². The molecule has 3 rings (SSSR count). The third-order valence-electron chi connectivity index (χ3n) is 3.50. The van der Waals surface area contributed by atoms with E-state index < -0.39 is 0 Å². The predicted molar refractivity (Wildman–Crippen MR) is 75.1 cm³/mol. The normalized spacial score (nSPS) is 16.3. The summed E-state index contributed by atoms with van der Waals surface area (Å²) in [5.74, 6) is 0.113. The largest absolute Gasteiger partial charge is 0.337 e. The second kappa shape index (κ2) is 5.36. The lowest BCUT2D eigenvalue weighted by Crippen LogP contribution is -2.34. The number of carbonyl (C=O) groups is 1. The van der Waals surface area contributed by atoms with Crippen molar-refractivity contribution >= 4 is 16.8 Å². The van der Waals surface area contributed by atoms with Gasteiger partial charge in [0.05, 0.1) is 5.52 Å². The van der Waals surface area contributed by atoms with Gasteiger partial charge in [-0.25, -0.2) is 0 Å². The van der Waals surface area contributed by atoms with Crippen molar-refractivity contribution in [3.8, 4) is 0 Å². The number of carbonyl (C=O) groups excluding carboxylic acids is 1. The highest BCUT2D eigenvalue weighted by Crippen LogP contribution is 2.18. The summed E-state index contributed by atoms with van der Waals surface area (Å²) in [6, 6.07) is 9.58. The van der Waals surface area contributed by atoms with Gasteiger partial charge in [-0.3, -0.25) is 9.78 Å². The van der Waals surface area contributed by atoms with Crippen molar-refractivity contribution in [3.63, 3.8) is 0 Å². The van der Waals surface area contributed by atoms with E-state index >= 15 is 0 Å². The van der Waals surface area contributed by atoms with Gasteiger partial charge in [0.2, 0.25) is 0 Å². The molecule has 0 saturated carbocycles. The first-order valence-corrected chi connectivity index (χ1v) is 6.70. The molecule has 1 aromatic carbocycles. The van der Waals surface area contributed by atoms with Gasteiger partial charge in [-0.15, -0.1) is 0 Å². The Labute approximate surface area is 112 Å². The molecule has 1 saturated heterocycles. The number of nitrogens with one attached hydrogen (secondary N) is 1. The van der Waals surface area contributed by atoms with Gasteiger partial charge >= 0.3 is 0 Å². The molecule has 0 atom stereocenters. The van der Waals surface area contributed by atoms with Crippen LogP contribution in [-0.4, -0.2) is 42.0 Å². The summed E-state index contributed by atoms with van der Waals surface area (Å²) >= 11 is 0. The highest BCUT2D eigenvalue weighted by molar-refractivity contribution is 6.06. The van der Waals surface area contributed by atoms with E-state index in [0.717, 1.165) is 49.1 Å². The van der Waals surface area contributed by atoms with Crippen LogP contribution in [0.5, 0.6) is 0 Å². The van der Waals surface area contributed by atoms with E-state index in [9.17, 15) is 4.79 Å². The Morgan fingerprint density at radius 1 is 1.16 bits per heavy atom. The summed E-state index contributed by atoms with van der Waals surface area (Å²) in [6.07, 6.45) is 2.77. The Balaban J connectivity index is 1.96. The predicted octanol–water partition coefficient (Wildman–Crippen LogP) is 1.67. The lowest BCUT2D eigenvalue weighted by molar-refractivity contribution is 0.0768. The fourth-order valence-electron chi connectivity index (χ4n) is 2.51. The summed E-state index contributed by atoms with van der Waals surface area (Å²) in [4.78, 5) is 18.9. The Hall–Kier alpha value is -1.94. The maximum atomic E-state index is 12.6. The number of pyridine rings is 1. The number of hydrogen-bond donors (Lipinski definition) is 1. The maximum absolute atomic E-state index is 12.6. The number of fused-ring (bicyclic) bond motifs is 1. The minimum atomic E-state index is 0.113. The van der Waals surface area contributed by atoms with E-state index in [1.165, 1.54) is 0 Å². The molecule has 0 spiro atoms. The third-order valence-corrected chi connectivity index (χ3v) is 3.50. The molecule has 1 aromatic heterocycles. The zero-order valence-electron chi connectivity index (χ0n) is 10.8. The fourth-order valence-corrected chi connectivity index (χ4v) is 2.51.